The van der Waals surface area contributed by atoms with E-state index in [4.69, 9.17) is 9.47 Å². The van der Waals surface area contributed by atoms with E-state index in [9.17, 15) is 4.79 Å². The summed E-state index contributed by atoms with van der Waals surface area (Å²) in [5.41, 5.74) is -0.0458. The summed E-state index contributed by atoms with van der Waals surface area (Å²) in [6.45, 7) is 10.1. The molecule has 0 spiro atoms. The number of likely N-dealkylation sites (N-methyl/N-ethyl adjacent to an activating group) is 1. The van der Waals surface area contributed by atoms with E-state index in [1.165, 1.54) is 0 Å². The maximum absolute atomic E-state index is 11.9. The lowest BCUT2D eigenvalue weighted by atomic mass is 9.94. The van der Waals surface area contributed by atoms with Crippen LogP contribution in [0.3, 0.4) is 0 Å². The topological polar surface area (TPSA) is 50.8 Å². The van der Waals surface area contributed by atoms with E-state index in [2.05, 4.69) is 17.1 Å². The SMILES string of the molecule is CCNC(CCN1CCCC(C)(OC)C1)C(=O)OCC. The van der Waals surface area contributed by atoms with Crippen molar-refractivity contribution in [3.8, 4) is 0 Å². The average Bonchev–Trinajstić information content (AvgIpc) is 2.44. The van der Waals surface area contributed by atoms with Crippen LogP contribution < -0.4 is 5.32 Å². The van der Waals surface area contributed by atoms with Crippen LogP contribution in [0.4, 0.5) is 0 Å². The number of esters is 1. The monoisotopic (exact) mass is 286 g/mol. The quantitative estimate of drug-likeness (QED) is 0.684. The van der Waals surface area contributed by atoms with Gasteiger partial charge < -0.3 is 19.7 Å². The summed E-state index contributed by atoms with van der Waals surface area (Å²) in [6, 6.07) is -0.198. The standard InChI is InChI=1S/C15H30N2O3/c1-5-16-13(14(18)20-6-2)8-11-17-10-7-9-15(3,12-17)19-4/h13,16H,5-12H2,1-4H3. The molecule has 118 valence electrons. The van der Waals surface area contributed by atoms with Crippen molar-refractivity contribution >= 4 is 5.97 Å². The highest BCUT2D eigenvalue weighted by atomic mass is 16.5. The van der Waals surface area contributed by atoms with Crippen LogP contribution in [0, 0.1) is 0 Å². The number of ether oxygens (including phenoxy) is 2. The smallest absolute Gasteiger partial charge is 0.323 e. The number of likely N-dealkylation sites (tertiary alicyclic amines) is 1. The van der Waals surface area contributed by atoms with Crippen LogP contribution in [0.5, 0.6) is 0 Å². The van der Waals surface area contributed by atoms with Crippen LogP contribution in [-0.4, -0.2) is 62.4 Å². The Morgan fingerprint density at radius 3 is 2.80 bits per heavy atom. The summed E-state index contributed by atoms with van der Waals surface area (Å²) in [6.07, 6.45) is 3.04. The van der Waals surface area contributed by atoms with Crippen molar-refractivity contribution in [3.63, 3.8) is 0 Å². The van der Waals surface area contributed by atoms with Gasteiger partial charge in [0, 0.05) is 20.2 Å². The first kappa shape index (κ1) is 17.4. The fourth-order valence-corrected chi connectivity index (χ4v) is 2.77. The van der Waals surface area contributed by atoms with Crippen LogP contribution in [0.15, 0.2) is 0 Å². The van der Waals surface area contributed by atoms with E-state index >= 15 is 0 Å². The Morgan fingerprint density at radius 1 is 1.45 bits per heavy atom. The van der Waals surface area contributed by atoms with Crippen LogP contribution in [0.25, 0.3) is 0 Å². The minimum absolute atomic E-state index is 0.0458. The third-order valence-corrected chi connectivity index (χ3v) is 3.99. The summed E-state index contributed by atoms with van der Waals surface area (Å²) >= 11 is 0. The van der Waals surface area contributed by atoms with Gasteiger partial charge in [-0.05, 0) is 46.2 Å². The average molecular weight is 286 g/mol. The molecule has 0 aromatic heterocycles. The number of rotatable bonds is 8. The van der Waals surface area contributed by atoms with Gasteiger partial charge in [0.05, 0.1) is 12.2 Å². The molecule has 0 bridgehead atoms. The highest BCUT2D eigenvalue weighted by molar-refractivity contribution is 5.75. The summed E-state index contributed by atoms with van der Waals surface area (Å²) in [5, 5.41) is 3.21. The maximum atomic E-state index is 11.9. The normalized spacial score (nSPS) is 25.4. The number of nitrogens with one attached hydrogen (secondary N) is 1. The first-order chi connectivity index (χ1) is 9.54. The number of carbonyl (C=O) groups is 1. The molecule has 20 heavy (non-hydrogen) atoms. The second-order valence-electron chi connectivity index (χ2n) is 5.68. The second-order valence-corrected chi connectivity index (χ2v) is 5.68. The van der Waals surface area contributed by atoms with Gasteiger partial charge in [0.15, 0.2) is 0 Å². The first-order valence-corrected chi connectivity index (χ1v) is 7.72. The molecular weight excluding hydrogens is 256 g/mol. The molecule has 5 nitrogen and oxygen atoms in total. The van der Waals surface area contributed by atoms with Crippen molar-refractivity contribution < 1.29 is 14.3 Å². The number of piperidine rings is 1. The van der Waals surface area contributed by atoms with Gasteiger partial charge in [-0.2, -0.15) is 0 Å². The van der Waals surface area contributed by atoms with E-state index in [1.54, 1.807) is 7.11 Å². The van der Waals surface area contributed by atoms with E-state index in [0.717, 1.165) is 45.4 Å². The zero-order valence-corrected chi connectivity index (χ0v) is 13.4. The lowest BCUT2D eigenvalue weighted by Crippen LogP contribution is -2.49. The molecule has 1 rings (SSSR count). The highest BCUT2D eigenvalue weighted by Crippen LogP contribution is 2.23. The molecule has 1 aliphatic heterocycles. The zero-order chi connectivity index (χ0) is 15.0. The number of nitrogens with zero attached hydrogens (tertiary/aromatic N) is 1. The number of hydrogen-bond donors (Lipinski definition) is 1. The molecule has 0 aromatic carbocycles. The van der Waals surface area contributed by atoms with Gasteiger partial charge in [0.1, 0.15) is 6.04 Å². The van der Waals surface area contributed by atoms with E-state index in [1.807, 2.05) is 13.8 Å². The summed E-state index contributed by atoms with van der Waals surface area (Å²) in [4.78, 5) is 14.2. The van der Waals surface area contributed by atoms with E-state index in [0.29, 0.717) is 6.61 Å². The summed E-state index contributed by atoms with van der Waals surface area (Å²) in [5.74, 6) is -0.138. The van der Waals surface area contributed by atoms with E-state index in [-0.39, 0.29) is 17.6 Å². The lowest BCUT2D eigenvalue weighted by molar-refractivity contribution is -0.146. The Labute approximate surface area is 123 Å². The van der Waals surface area contributed by atoms with Crippen LogP contribution in [0.1, 0.15) is 40.0 Å². The Hall–Kier alpha value is -0.650. The molecule has 0 aliphatic carbocycles. The highest BCUT2D eigenvalue weighted by Gasteiger charge is 2.31. The van der Waals surface area contributed by atoms with Crippen molar-refractivity contribution in [2.24, 2.45) is 0 Å². The molecular formula is C15H30N2O3. The molecule has 0 aromatic rings. The van der Waals surface area contributed by atoms with Gasteiger partial charge in [-0.15, -0.1) is 0 Å². The Balaban J connectivity index is 2.44. The Morgan fingerprint density at radius 2 is 2.20 bits per heavy atom. The molecule has 2 atom stereocenters. The van der Waals surface area contributed by atoms with Crippen molar-refractivity contribution in [2.45, 2.75) is 51.7 Å². The van der Waals surface area contributed by atoms with Gasteiger partial charge in [0.25, 0.3) is 0 Å². The molecule has 1 aliphatic rings. The minimum Gasteiger partial charge on any atom is -0.465 e. The van der Waals surface area contributed by atoms with Crippen molar-refractivity contribution in [1.29, 1.82) is 0 Å². The molecule has 1 fully saturated rings. The summed E-state index contributed by atoms with van der Waals surface area (Å²) < 4.78 is 10.7. The maximum Gasteiger partial charge on any atom is 0.323 e. The fourth-order valence-electron chi connectivity index (χ4n) is 2.77. The van der Waals surface area contributed by atoms with Crippen LogP contribution in [0.2, 0.25) is 0 Å². The third-order valence-electron chi connectivity index (χ3n) is 3.99. The number of methoxy groups -OCH3 is 1. The third kappa shape index (κ3) is 5.38. The van der Waals surface area contributed by atoms with Gasteiger partial charge >= 0.3 is 5.97 Å². The Kier molecular flexibility index (Phi) is 7.48. The molecule has 0 saturated carbocycles. The Bertz CT molecular complexity index is 299. The molecule has 1 heterocycles. The summed E-state index contributed by atoms with van der Waals surface area (Å²) in [7, 11) is 1.78. The van der Waals surface area contributed by atoms with Crippen LogP contribution >= 0.6 is 0 Å². The van der Waals surface area contributed by atoms with Crippen LogP contribution in [-0.2, 0) is 14.3 Å². The molecule has 5 heteroatoms. The predicted molar refractivity (Wildman–Crippen MR) is 79.8 cm³/mol. The lowest BCUT2D eigenvalue weighted by Gasteiger charge is -2.39. The molecule has 0 radical (unpaired) electrons. The molecule has 1 N–H and O–H groups in total. The zero-order valence-electron chi connectivity index (χ0n) is 13.4. The number of carbonyl (C=O) groups excluding carboxylic acids is 1. The predicted octanol–water partition coefficient (Wildman–Crippen LogP) is 1.42. The van der Waals surface area contributed by atoms with Crippen molar-refractivity contribution in [1.82, 2.24) is 10.2 Å². The van der Waals surface area contributed by atoms with Gasteiger partial charge in [-0.1, -0.05) is 6.92 Å². The minimum atomic E-state index is -0.198. The largest absolute Gasteiger partial charge is 0.465 e. The fraction of sp³-hybridized carbons (Fsp3) is 0.933. The number of hydrogen-bond acceptors (Lipinski definition) is 5. The molecule has 0 amide bonds. The second kappa shape index (κ2) is 8.60. The van der Waals surface area contributed by atoms with Crippen molar-refractivity contribution in [3.05, 3.63) is 0 Å². The first-order valence-electron chi connectivity index (χ1n) is 7.72. The molecule has 2 unspecified atom stereocenters. The van der Waals surface area contributed by atoms with Gasteiger partial charge in [0.2, 0.25) is 0 Å². The van der Waals surface area contributed by atoms with Gasteiger partial charge in [-0.3, -0.25) is 4.79 Å². The van der Waals surface area contributed by atoms with Crippen molar-refractivity contribution in [2.75, 3.05) is 39.9 Å². The van der Waals surface area contributed by atoms with Gasteiger partial charge in [-0.25, -0.2) is 0 Å². The van der Waals surface area contributed by atoms with E-state index < -0.39 is 0 Å². The molecule has 1 saturated heterocycles.